The predicted octanol–water partition coefficient (Wildman–Crippen LogP) is 1.28. The first kappa shape index (κ1) is 10.8. The molecule has 1 aliphatic rings. The molecule has 2 nitrogen and oxygen atoms in total. The number of halogens is 3. The summed E-state index contributed by atoms with van der Waals surface area (Å²) < 4.78 is 35.6. The lowest BCUT2D eigenvalue weighted by molar-refractivity contribution is -0.126. The van der Waals surface area contributed by atoms with Crippen molar-refractivity contribution in [1.29, 1.82) is 0 Å². The van der Waals surface area contributed by atoms with Gasteiger partial charge in [-0.25, -0.2) is 0 Å². The zero-order chi connectivity index (χ0) is 9.90. The summed E-state index contributed by atoms with van der Waals surface area (Å²) in [6.45, 7) is -0.879. The van der Waals surface area contributed by atoms with Gasteiger partial charge in [0.15, 0.2) is 0 Å². The van der Waals surface area contributed by atoms with Crippen LogP contribution in [0, 0.1) is 0 Å². The van der Waals surface area contributed by atoms with E-state index in [4.69, 9.17) is 0 Å². The Kier molecular flexibility index (Phi) is 3.55. The monoisotopic (exact) mass is 196 g/mol. The summed E-state index contributed by atoms with van der Waals surface area (Å²) in [5.74, 6) is 0. The molecule has 1 rings (SSSR count). The number of hydrogen-bond donors (Lipinski definition) is 2. The maximum atomic E-state index is 11.9. The van der Waals surface area contributed by atoms with Gasteiger partial charge in [0, 0.05) is 12.1 Å². The van der Waals surface area contributed by atoms with Gasteiger partial charge in [0.05, 0.1) is 6.54 Å². The summed E-state index contributed by atoms with van der Waals surface area (Å²) in [6, 6.07) is 0.175. The van der Waals surface area contributed by atoms with Crippen LogP contribution in [0.4, 0.5) is 13.2 Å². The fraction of sp³-hybridized carbons (Fsp3) is 1.00. The Balaban J connectivity index is 2.28. The van der Waals surface area contributed by atoms with E-state index in [0.717, 1.165) is 19.3 Å². The lowest BCUT2D eigenvalue weighted by Crippen LogP contribution is -2.46. The fourth-order valence-corrected chi connectivity index (χ4v) is 1.80. The highest BCUT2D eigenvalue weighted by Crippen LogP contribution is 2.20. The largest absolute Gasteiger partial charge is 0.401 e. The molecule has 2 N–H and O–H groups in total. The average molecular weight is 196 g/mol. The van der Waals surface area contributed by atoms with E-state index in [1.807, 2.05) is 0 Å². The van der Waals surface area contributed by atoms with Crippen molar-refractivity contribution in [3.63, 3.8) is 0 Å². The number of likely N-dealkylation sites (N-methyl/N-ethyl adjacent to an activating group) is 1. The molecule has 1 saturated carbocycles. The quantitative estimate of drug-likeness (QED) is 0.710. The summed E-state index contributed by atoms with van der Waals surface area (Å²) in [7, 11) is 1.79. The van der Waals surface area contributed by atoms with Crippen molar-refractivity contribution in [2.24, 2.45) is 0 Å². The summed E-state index contributed by atoms with van der Waals surface area (Å²) >= 11 is 0. The first-order chi connectivity index (χ1) is 6.03. The summed E-state index contributed by atoms with van der Waals surface area (Å²) in [5.41, 5.74) is 0. The van der Waals surface area contributed by atoms with E-state index < -0.39 is 12.7 Å². The minimum atomic E-state index is -4.10. The van der Waals surface area contributed by atoms with Crippen molar-refractivity contribution in [2.45, 2.75) is 37.5 Å². The second-order valence-electron chi connectivity index (χ2n) is 3.43. The number of hydrogen-bond acceptors (Lipinski definition) is 2. The molecule has 5 heteroatoms. The van der Waals surface area contributed by atoms with Gasteiger partial charge in [-0.05, 0) is 19.9 Å². The van der Waals surface area contributed by atoms with Crippen LogP contribution in [-0.4, -0.2) is 31.9 Å². The van der Waals surface area contributed by atoms with Crippen LogP contribution >= 0.6 is 0 Å². The van der Waals surface area contributed by atoms with Crippen molar-refractivity contribution in [3.8, 4) is 0 Å². The van der Waals surface area contributed by atoms with Gasteiger partial charge in [0.1, 0.15) is 0 Å². The van der Waals surface area contributed by atoms with Gasteiger partial charge < -0.3 is 10.6 Å². The minimum Gasteiger partial charge on any atom is -0.315 e. The Labute approximate surface area is 75.9 Å². The Morgan fingerprint density at radius 2 is 1.85 bits per heavy atom. The van der Waals surface area contributed by atoms with Gasteiger partial charge in [-0.1, -0.05) is 6.42 Å². The standard InChI is InChI=1S/C8H15F3N2/c1-12-6-3-2-4-7(6)13-5-8(9,10)11/h6-7,12-13H,2-5H2,1H3/t6-,7-/m1/s1. The van der Waals surface area contributed by atoms with E-state index in [9.17, 15) is 13.2 Å². The molecule has 0 saturated heterocycles. The SMILES string of the molecule is CN[C@@H]1CCC[C@H]1NCC(F)(F)F. The Morgan fingerprint density at radius 1 is 1.23 bits per heavy atom. The summed E-state index contributed by atoms with van der Waals surface area (Å²) in [6.07, 6.45) is -1.30. The Bertz CT molecular complexity index is 158. The average Bonchev–Trinajstić information content (AvgIpc) is 2.46. The van der Waals surface area contributed by atoms with Gasteiger partial charge in [0.25, 0.3) is 0 Å². The maximum absolute atomic E-state index is 11.9. The third-order valence-electron chi connectivity index (χ3n) is 2.45. The minimum absolute atomic E-state index is 0.0216. The molecule has 0 aliphatic heterocycles. The Hall–Kier alpha value is -0.290. The van der Waals surface area contributed by atoms with Crippen LogP contribution in [0.1, 0.15) is 19.3 Å². The van der Waals surface area contributed by atoms with Crippen LogP contribution in [0.15, 0.2) is 0 Å². The van der Waals surface area contributed by atoms with Crippen LogP contribution in [0.5, 0.6) is 0 Å². The highest BCUT2D eigenvalue weighted by atomic mass is 19.4. The second-order valence-corrected chi connectivity index (χ2v) is 3.43. The van der Waals surface area contributed by atoms with Crippen LogP contribution in [-0.2, 0) is 0 Å². The zero-order valence-electron chi connectivity index (χ0n) is 7.62. The molecule has 0 aromatic rings. The molecule has 1 fully saturated rings. The number of nitrogens with one attached hydrogen (secondary N) is 2. The summed E-state index contributed by atoms with van der Waals surface area (Å²) in [5, 5.41) is 5.56. The Morgan fingerprint density at radius 3 is 2.38 bits per heavy atom. The van der Waals surface area contributed by atoms with Crippen LogP contribution in [0.2, 0.25) is 0 Å². The van der Waals surface area contributed by atoms with E-state index >= 15 is 0 Å². The smallest absolute Gasteiger partial charge is 0.315 e. The molecule has 0 aromatic carbocycles. The molecular formula is C8H15F3N2. The first-order valence-electron chi connectivity index (χ1n) is 4.50. The van der Waals surface area contributed by atoms with E-state index in [2.05, 4.69) is 10.6 Å². The maximum Gasteiger partial charge on any atom is 0.401 e. The van der Waals surface area contributed by atoms with Crippen molar-refractivity contribution in [1.82, 2.24) is 10.6 Å². The highest BCUT2D eigenvalue weighted by molar-refractivity contribution is 4.87. The molecule has 13 heavy (non-hydrogen) atoms. The molecule has 0 aromatic heterocycles. The van der Waals surface area contributed by atoms with Crippen molar-refractivity contribution in [2.75, 3.05) is 13.6 Å². The lowest BCUT2D eigenvalue weighted by atomic mass is 10.2. The molecule has 2 atom stereocenters. The third-order valence-corrected chi connectivity index (χ3v) is 2.45. The molecule has 0 heterocycles. The van der Waals surface area contributed by atoms with E-state index in [1.54, 1.807) is 7.05 Å². The van der Waals surface area contributed by atoms with E-state index in [-0.39, 0.29) is 12.1 Å². The number of rotatable bonds is 3. The topological polar surface area (TPSA) is 24.1 Å². The summed E-state index contributed by atoms with van der Waals surface area (Å²) in [4.78, 5) is 0. The van der Waals surface area contributed by atoms with Crippen LogP contribution in [0.25, 0.3) is 0 Å². The van der Waals surface area contributed by atoms with Gasteiger partial charge in [-0.3, -0.25) is 0 Å². The fourth-order valence-electron chi connectivity index (χ4n) is 1.80. The van der Waals surface area contributed by atoms with Crippen molar-refractivity contribution < 1.29 is 13.2 Å². The van der Waals surface area contributed by atoms with E-state index in [1.165, 1.54) is 0 Å². The van der Waals surface area contributed by atoms with Gasteiger partial charge in [0.2, 0.25) is 0 Å². The highest BCUT2D eigenvalue weighted by Gasteiger charge is 2.31. The second kappa shape index (κ2) is 4.28. The number of alkyl halides is 3. The van der Waals surface area contributed by atoms with Gasteiger partial charge in [-0.2, -0.15) is 13.2 Å². The molecule has 0 spiro atoms. The lowest BCUT2D eigenvalue weighted by Gasteiger charge is -2.21. The van der Waals surface area contributed by atoms with Crippen LogP contribution < -0.4 is 10.6 Å². The normalized spacial score (nSPS) is 29.5. The van der Waals surface area contributed by atoms with Gasteiger partial charge >= 0.3 is 6.18 Å². The molecule has 0 bridgehead atoms. The zero-order valence-corrected chi connectivity index (χ0v) is 7.62. The molecule has 0 amide bonds. The third kappa shape index (κ3) is 3.52. The molecule has 1 aliphatic carbocycles. The van der Waals surface area contributed by atoms with E-state index in [0.29, 0.717) is 0 Å². The van der Waals surface area contributed by atoms with Crippen molar-refractivity contribution in [3.05, 3.63) is 0 Å². The molecule has 78 valence electrons. The van der Waals surface area contributed by atoms with Crippen LogP contribution in [0.3, 0.4) is 0 Å². The van der Waals surface area contributed by atoms with Gasteiger partial charge in [-0.15, -0.1) is 0 Å². The predicted molar refractivity (Wildman–Crippen MR) is 44.5 cm³/mol. The molecular weight excluding hydrogens is 181 g/mol. The first-order valence-corrected chi connectivity index (χ1v) is 4.50. The molecule has 0 radical (unpaired) electrons. The molecule has 0 unspecified atom stereocenters. The van der Waals surface area contributed by atoms with Crippen molar-refractivity contribution >= 4 is 0 Å².